The van der Waals surface area contributed by atoms with Crippen molar-refractivity contribution in [2.75, 3.05) is 38.2 Å². The van der Waals surface area contributed by atoms with Gasteiger partial charge in [0.05, 0.1) is 18.2 Å². The highest BCUT2D eigenvalue weighted by Gasteiger charge is 2.23. The molecule has 0 aliphatic carbocycles. The monoisotopic (exact) mass is 421 g/mol. The fraction of sp³-hybridized carbons (Fsp3) is 0.440. The maximum atomic E-state index is 12.7. The lowest BCUT2D eigenvalue weighted by Gasteiger charge is -2.21. The van der Waals surface area contributed by atoms with E-state index in [2.05, 4.69) is 23.2 Å². The number of anilines is 1. The van der Waals surface area contributed by atoms with Gasteiger partial charge in [0.2, 0.25) is 0 Å². The average molecular weight is 422 g/mol. The van der Waals surface area contributed by atoms with Gasteiger partial charge >= 0.3 is 5.97 Å². The molecule has 0 aromatic heterocycles. The van der Waals surface area contributed by atoms with Crippen LogP contribution in [0.15, 0.2) is 42.5 Å². The zero-order chi connectivity index (χ0) is 22.1. The third-order valence-electron chi connectivity index (χ3n) is 5.51. The molecule has 1 atom stereocenters. The summed E-state index contributed by atoms with van der Waals surface area (Å²) in [5, 5.41) is 12.2. The summed E-state index contributed by atoms with van der Waals surface area (Å²) in [6, 6.07) is 14.4. The van der Waals surface area contributed by atoms with Crippen molar-refractivity contribution in [3.63, 3.8) is 0 Å². The van der Waals surface area contributed by atoms with Crippen LogP contribution >= 0.6 is 0 Å². The van der Waals surface area contributed by atoms with E-state index < -0.39 is 6.04 Å². The molecule has 1 aliphatic rings. The number of aryl methyl sites for hydroxylation is 1. The number of nitrogens with one attached hydrogen (secondary N) is 1. The van der Waals surface area contributed by atoms with Gasteiger partial charge < -0.3 is 14.8 Å². The molecule has 1 unspecified atom stereocenters. The number of nitriles is 1. The highest BCUT2D eigenvalue weighted by Crippen LogP contribution is 2.28. The van der Waals surface area contributed by atoms with Gasteiger partial charge in [0.25, 0.3) is 0 Å². The van der Waals surface area contributed by atoms with Crippen LogP contribution in [-0.4, -0.2) is 43.7 Å². The number of nitrogens with zero attached hydrogens (tertiary/aromatic N) is 2. The minimum absolute atomic E-state index is 0.308. The summed E-state index contributed by atoms with van der Waals surface area (Å²) in [6.07, 6.45) is 3.35. The largest absolute Gasteiger partial charge is 0.492 e. The van der Waals surface area contributed by atoms with Crippen LogP contribution in [0, 0.1) is 11.3 Å². The topological polar surface area (TPSA) is 74.6 Å². The Bertz CT molecular complexity index is 899. The van der Waals surface area contributed by atoms with Crippen LogP contribution < -0.4 is 10.1 Å². The molecule has 1 N–H and O–H groups in total. The van der Waals surface area contributed by atoms with Gasteiger partial charge in [0.15, 0.2) is 6.04 Å². The molecule has 1 aliphatic heterocycles. The summed E-state index contributed by atoms with van der Waals surface area (Å²) in [4.78, 5) is 15.1. The maximum absolute atomic E-state index is 12.7. The third kappa shape index (κ3) is 6.22. The van der Waals surface area contributed by atoms with Gasteiger partial charge in [-0.05, 0) is 86.8 Å². The molecule has 3 rings (SSSR count). The molecule has 6 heteroatoms. The normalized spacial score (nSPS) is 14.6. The fourth-order valence-electron chi connectivity index (χ4n) is 3.80. The van der Waals surface area contributed by atoms with Crippen molar-refractivity contribution in [3.8, 4) is 11.8 Å². The van der Waals surface area contributed by atoms with Crippen molar-refractivity contribution in [1.29, 1.82) is 5.26 Å². The van der Waals surface area contributed by atoms with Gasteiger partial charge in [-0.2, -0.15) is 5.26 Å². The average Bonchev–Trinajstić information content (AvgIpc) is 3.32. The quantitative estimate of drug-likeness (QED) is 0.576. The van der Waals surface area contributed by atoms with Crippen molar-refractivity contribution in [2.24, 2.45) is 0 Å². The molecule has 164 valence electrons. The van der Waals surface area contributed by atoms with E-state index >= 15 is 0 Å². The van der Waals surface area contributed by atoms with Crippen LogP contribution in [0.2, 0.25) is 0 Å². The lowest BCUT2D eigenvalue weighted by Crippen LogP contribution is -2.25. The van der Waals surface area contributed by atoms with E-state index in [0.29, 0.717) is 18.8 Å². The summed E-state index contributed by atoms with van der Waals surface area (Å²) >= 11 is 0. The second-order valence-electron chi connectivity index (χ2n) is 7.64. The summed E-state index contributed by atoms with van der Waals surface area (Å²) < 4.78 is 11.4. The van der Waals surface area contributed by atoms with E-state index in [1.165, 1.54) is 12.8 Å². The second kappa shape index (κ2) is 11.4. The Morgan fingerprint density at radius 3 is 2.55 bits per heavy atom. The van der Waals surface area contributed by atoms with E-state index in [4.69, 9.17) is 14.7 Å². The molecule has 0 spiro atoms. The number of esters is 1. The molecule has 1 heterocycles. The molecule has 2 aromatic rings. The Kier molecular flexibility index (Phi) is 8.31. The van der Waals surface area contributed by atoms with E-state index in [1.807, 2.05) is 18.2 Å². The molecular formula is C25H31N3O3. The van der Waals surface area contributed by atoms with Gasteiger partial charge in [-0.15, -0.1) is 0 Å². The SMILES string of the molecule is CCOC(=O)C(Nc1ccc(C#N)cc1)c1ccc(OCCN2CCCC2)c(CC)c1. The first-order chi connectivity index (χ1) is 15.1. The third-order valence-corrected chi connectivity index (χ3v) is 5.51. The zero-order valence-corrected chi connectivity index (χ0v) is 18.4. The Hall–Kier alpha value is -3.04. The molecule has 0 radical (unpaired) electrons. The lowest BCUT2D eigenvalue weighted by molar-refractivity contribution is -0.144. The van der Waals surface area contributed by atoms with Gasteiger partial charge in [-0.3, -0.25) is 4.90 Å². The fourth-order valence-corrected chi connectivity index (χ4v) is 3.80. The predicted octanol–water partition coefficient (Wildman–Crippen LogP) is 4.31. The molecule has 0 amide bonds. The van der Waals surface area contributed by atoms with E-state index in [1.54, 1.807) is 31.2 Å². The van der Waals surface area contributed by atoms with E-state index in [9.17, 15) is 4.79 Å². The molecule has 2 aromatic carbocycles. The van der Waals surface area contributed by atoms with Crippen LogP contribution in [0.3, 0.4) is 0 Å². The number of hydrogen-bond acceptors (Lipinski definition) is 6. The smallest absolute Gasteiger partial charge is 0.333 e. The first-order valence-corrected chi connectivity index (χ1v) is 11.1. The van der Waals surface area contributed by atoms with Crippen molar-refractivity contribution < 1.29 is 14.3 Å². The first kappa shape index (κ1) is 22.6. The van der Waals surface area contributed by atoms with Gasteiger partial charge in [-0.1, -0.05) is 13.0 Å². The molecule has 1 fully saturated rings. The summed E-state index contributed by atoms with van der Waals surface area (Å²) in [6.45, 7) is 8.11. The Morgan fingerprint density at radius 2 is 1.90 bits per heavy atom. The lowest BCUT2D eigenvalue weighted by atomic mass is 10.0. The van der Waals surface area contributed by atoms with Gasteiger partial charge in [0, 0.05) is 12.2 Å². The highest BCUT2D eigenvalue weighted by atomic mass is 16.5. The minimum atomic E-state index is -0.642. The van der Waals surface area contributed by atoms with Crippen molar-refractivity contribution in [3.05, 3.63) is 59.2 Å². The molecule has 6 nitrogen and oxygen atoms in total. The Balaban J connectivity index is 1.75. The standard InChI is InChI=1S/C25H31N3O3/c1-3-20-17-21(9-12-23(20)31-16-15-28-13-5-6-14-28)24(25(29)30-4-2)27-22-10-7-19(18-26)8-11-22/h7-12,17,24,27H,3-6,13-16H2,1-2H3. The zero-order valence-electron chi connectivity index (χ0n) is 18.4. The van der Waals surface area contributed by atoms with Crippen molar-refractivity contribution in [2.45, 2.75) is 39.2 Å². The number of rotatable bonds is 10. The van der Waals surface area contributed by atoms with Crippen LogP contribution in [0.5, 0.6) is 5.75 Å². The second-order valence-corrected chi connectivity index (χ2v) is 7.64. The summed E-state index contributed by atoms with van der Waals surface area (Å²) in [5.41, 5.74) is 3.21. The molecule has 31 heavy (non-hydrogen) atoms. The molecular weight excluding hydrogens is 390 g/mol. The van der Waals surface area contributed by atoms with E-state index in [0.717, 1.165) is 48.6 Å². The predicted molar refractivity (Wildman–Crippen MR) is 121 cm³/mol. The Labute approximate surface area is 184 Å². The van der Waals surface area contributed by atoms with Crippen molar-refractivity contribution >= 4 is 11.7 Å². The van der Waals surface area contributed by atoms with E-state index in [-0.39, 0.29) is 5.97 Å². The van der Waals surface area contributed by atoms with Crippen molar-refractivity contribution in [1.82, 2.24) is 4.90 Å². The Morgan fingerprint density at radius 1 is 1.16 bits per heavy atom. The number of carbonyl (C=O) groups is 1. The van der Waals surface area contributed by atoms with Crippen LogP contribution in [-0.2, 0) is 16.0 Å². The van der Waals surface area contributed by atoms with Crippen LogP contribution in [0.4, 0.5) is 5.69 Å². The summed E-state index contributed by atoms with van der Waals surface area (Å²) in [7, 11) is 0. The highest BCUT2D eigenvalue weighted by molar-refractivity contribution is 5.81. The number of ether oxygens (including phenoxy) is 2. The molecule has 1 saturated heterocycles. The number of benzene rings is 2. The molecule has 0 saturated carbocycles. The maximum Gasteiger partial charge on any atom is 0.333 e. The minimum Gasteiger partial charge on any atom is -0.492 e. The number of carbonyl (C=O) groups excluding carboxylic acids is 1. The number of hydrogen-bond donors (Lipinski definition) is 1. The van der Waals surface area contributed by atoms with Gasteiger partial charge in [-0.25, -0.2) is 4.79 Å². The van der Waals surface area contributed by atoms with Gasteiger partial charge in [0.1, 0.15) is 12.4 Å². The van der Waals surface area contributed by atoms with Crippen LogP contribution in [0.1, 0.15) is 49.4 Å². The molecule has 0 bridgehead atoms. The first-order valence-electron chi connectivity index (χ1n) is 11.1. The number of likely N-dealkylation sites (tertiary alicyclic amines) is 1. The summed E-state index contributed by atoms with van der Waals surface area (Å²) in [5.74, 6) is 0.531. The van der Waals surface area contributed by atoms with Crippen LogP contribution in [0.25, 0.3) is 0 Å².